The van der Waals surface area contributed by atoms with Gasteiger partial charge in [0.05, 0.1) is 0 Å². The van der Waals surface area contributed by atoms with Gasteiger partial charge in [-0.1, -0.05) is 20.3 Å². The Balaban J connectivity index is 2.30. The maximum absolute atomic E-state index is 3.74. The van der Waals surface area contributed by atoms with Crippen molar-refractivity contribution >= 4 is 11.8 Å². The maximum atomic E-state index is 3.74. The fourth-order valence-electron chi connectivity index (χ4n) is 2.01. The Labute approximate surface area is 87.1 Å². The summed E-state index contributed by atoms with van der Waals surface area (Å²) in [4.78, 5) is 0. The van der Waals surface area contributed by atoms with Crippen molar-refractivity contribution in [2.75, 3.05) is 5.75 Å². The Kier molecular flexibility index (Phi) is 5.18. The van der Waals surface area contributed by atoms with E-state index in [1.54, 1.807) is 0 Å². The first-order chi connectivity index (χ1) is 6.27. The van der Waals surface area contributed by atoms with Gasteiger partial charge in [0.15, 0.2) is 0 Å². The number of rotatable bonds is 5. The Morgan fingerprint density at radius 2 is 2.15 bits per heavy atom. The van der Waals surface area contributed by atoms with E-state index in [9.17, 15) is 0 Å². The minimum absolute atomic E-state index is 0.697. The predicted molar refractivity (Wildman–Crippen MR) is 62.4 cm³/mol. The highest BCUT2D eigenvalue weighted by molar-refractivity contribution is 7.99. The van der Waals surface area contributed by atoms with Crippen molar-refractivity contribution in [3.8, 4) is 0 Å². The van der Waals surface area contributed by atoms with Gasteiger partial charge >= 0.3 is 0 Å². The summed E-state index contributed by atoms with van der Waals surface area (Å²) in [6.45, 7) is 6.82. The van der Waals surface area contributed by atoms with Crippen LogP contribution in [-0.2, 0) is 0 Å². The molecule has 0 bridgehead atoms. The van der Waals surface area contributed by atoms with Gasteiger partial charge < -0.3 is 5.32 Å². The van der Waals surface area contributed by atoms with E-state index in [0.717, 1.165) is 11.3 Å². The zero-order chi connectivity index (χ0) is 9.68. The van der Waals surface area contributed by atoms with Crippen molar-refractivity contribution in [3.63, 3.8) is 0 Å². The topological polar surface area (TPSA) is 12.0 Å². The highest BCUT2D eigenvalue weighted by atomic mass is 32.2. The molecule has 0 aromatic heterocycles. The van der Waals surface area contributed by atoms with Gasteiger partial charge in [0.1, 0.15) is 0 Å². The summed E-state index contributed by atoms with van der Waals surface area (Å²) in [6.07, 6.45) is 5.49. The molecule has 1 fully saturated rings. The van der Waals surface area contributed by atoms with Crippen molar-refractivity contribution in [1.29, 1.82) is 0 Å². The molecule has 1 aliphatic carbocycles. The molecule has 0 aliphatic heterocycles. The SMILES string of the molecule is CCSC1CCCC1NC(C)CC. The summed E-state index contributed by atoms with van der Waals surface area (Å²) < 4.78 is 0. The second-order valence-electron chi connectivity index (χ2n) is 4.01. The van der Waals surface area contributed by atoms with Crippen LogP contribution >= 0.6 is 11.8 Å². The molecular weight excluding hydrogens is 178 g/mol. The van der Waals surface area contributed by atoms with Gasteiger partial charge in [-0.3, -0.25) is 0 Å². The van der Waals surface area contributed by atoms with Crippen LogP contribution in [0.15, 0.2) is 0 Å². The zero-order valence-corrected chi connectivity index (χ0v) is 9.99. The molecule has 13 heavy (non-hydrogen) atoms. The standard InChI is InChI=1S/C11H23NS/c1-4-9(3)12-10-7-6-8-11(10)13-5-2/h9-12H,4-8H2,1-3H3. The van der Waals surface area contributed by atoms with E-state index in [4.69, 9.17) is 0 Å². The van der Waals surface area contributed by atoms with Gasteiger partial charge in [-0.15, -0.1) is 0 Å². The summed E-state index contributed by atoms with van der Waals surface area (Å²) in [5, 5.41) is 4.63. The number of nitrogens with one attached hydrogen (secondary N) is 1. The Morgan fingerprint density at radius 3 is 2.77 bits per heavy atom. The minimum Gasteiger partial charge on any atom is -0.310 e. The molecule has 0 spiro atoms. The fraction of sp³-hybridized carbons (Fsp3) is 1.00. The zero-order valence-electron chi connectivity index (χ0n) is 9.18. The molecule has 0 heterocycles. The highest BCUT2D eigenvalue weighted by Gasteiger charge is 2.27. The highest BCUT2D eigenvalue weighted by Crippen LogP contribution is 2.30. The van der Waals surface area contributed by atoms with Crippen molar-refractivity contribution in [3.05, 3.63) is 0 Å². The van der Waals surface area contributed by atoms with E-state index in [1.165, 1.54) is 31.4 Å². The molecule has 0 amide bonds. The third-order valence-electron chi connectivity index (χ3n) is 2.94. The average Bonchev–Trinajstić information content (AvgIpc) is 2.54. The van der Waals surface area contributed by atoms with Crippen LogP contribution < -0.4 is 5.32 Å². The third kappa shape index (κ3) is 3.51. The van der Waals surface area contributed by atoms with E-state index >= 15 is 0 Å². The largest absolute Gasteiger partial charge is 0.310 e. The van der Waals surface area contributed by atoms with Crippen molar-refractivity contribution < 1.29 is 0 Å². The van der Waals surface area contributed by atoms with Crippen LogP contribution in [0.5, 0.6) is 0 Å². The summed E-state index contributed by atoms with van der Waals surface area (Å²) >= 11 is 2.14. The van der Waals surface area contributed by atoms with Gasteiger partial charge in [-0.05, 0) is 31.9 Å². The van der Waals surface area contributed by atoms with E-state index in [2.05, 4.69) is 37.8 Å². The Bertz CT molecular complexity index is 138. The first-order valence-corrected chi connectivity index (χ1v) is 6.70. The van der Waals surface area contributed by atoms with Crippen molar-refractivity contribution in [1.82, 2.24) is 5.32 Å². The van der Waals surface area contributed by atoms with Crippen LogP contribution in [0.2, 0.25) is 0 Å². The molecule has 3 atom stereocenters. The second-order valence-corrected chi connectivity index (χ2v) is 5.52. The molecule has 78 valence electrons. The second kappa shape index (κ2) is 5.92. The van der Waals surface area contributed by atoms with Gasteiger partial charge in [0.2, 0.25) is 0 Å². The fourth-order valence-corrected chi connectivity index (χ4v) is 3.22. The van der Waals surface area contributed by atoms with Crippen LogP contribution in [-0.4, -0.2) is 23.1 Å². The molecule has 1 saturated carbocycles. The number of hydrogen-bond donors (Lipinski definition) is 1. The van der Waals surface area contributed by atoms with Gasteiger partial charge in [-0.25, -0.2) is 0 Å². The lowest BCUT2D eigenvalue weighted by Gasteiger charge is -2.23. The maximum Gasteiger partial charge on any atom is 0.0201 e. The molecule has 1 aliphatic rings. The molecule has 1 N–H and O–H groups in total. The first kappa shape index (κ1) is 11.4. The molecule has 0 saturated heterocycles. The molecule has 1 rings (SSSR count). The van der Waals surface area contributed by atoms with Crippen LogP contribution in [0.25, 0.3) is 0 Å². The molecule has 3 unspecified atom stereocenters. The Morgan fingerprint density at radius 1 is 1.38 bits per heavy atom. The lowest BCUT2D eigenvalue weighted by Crippen LogP contribution is -2.39. The molecule has 1 nitrogen and oxygen atoms in total. The molecule has 0 aromatic rings. The van der Waals surface area contributed by atoms with E-state index in [-0.39, 0.29) is 0 Å². The normalized spacial score (nSPS) is 30.7. The van der Waals surface area contributed by atoms with Crippen LogP contribution in [0.4, 0.5) is 0 Å². The summed E-state index contributed by atoms with van der Waals surface area (Å²) in [5.41, 5.74) is 0. The molecule has 0 radical (unpaired) electrons. The van der Waals surface area contributed by atoms with Crippen LogP contribution in [0.1, 0.15) is 46.5 Å². The minimum atomic E-state index is 0.697. The molecule has 2 heteroatoms. The van der Waals surface area contributed by atoms with Gasteiger partial charge in [0, 0.05) is 17.3 Å². The number of thioether (sulfide) groups is 1. The quantitative estimate of drug-likeness (QED) is 0.734. The van der Waals surface area contributed by atoms with E-state index in [0.29, 0.717) is 6.04 Å². The van der Waals surface area contributed by atoms with Crippen molar-refractivity contribution in [2.24, 2.45) is 0 Å². The van der Waals surface area contributed by atoms with E-state index < -0.39 is 0 Å². The average molecular weight is 201 g/mol. The van der Waals surface area contributed by atoms with Crippen molar-refractivity contribution in [2.45, 2.75) is 63.8 Å². The van der Waals surface area contributed by atoms with Crippen LogP contribution in [0, 0.1) is 0 Å². The summed E-state index contributed by atoms with van der Waals surface area (Å²) in [5.74, 6) is 1.27. The van der Waals surface area contributed by atoms with Gasteiger partial charge in [0.25, 0.3) is 0 Å². The lowest BCUT2D eigenvalue weighted by atomic mass is 10.2. The number of hydrogen-bond acceptors (Lipinski definition) is 2. The molecule has 0 aromatic carbocycles. The monoisotopic (exact) mass is 201 g/mol. The van der Waals surface area contributed by atoms with Gasteiger partial charge in [-0.2, -0.15) is 11.8 Å². The third-order valence-corrected chi connectivity index (χ3v) is 4.27. The lowest BCUT2D eigenvalue weighted by molar-refractivity contribution is 0.447. The Hall–Kier alpha value is 0.310. The smallest absolute Gasteiger partial charge is 0.0201 e. The van der Waals surface area contributed by atoms with Crippen LogP contribution in [0.3, 0.4) is 0 Å². The summed E-state index contributed by atoms with van der Waals surface area (Å²) in [7, 11) is 0. The molecular formula is C11H23NS. The van der Waals surface area contributed by atoms with E-state index in [1.807, 2.05) is 0 Å². The first-order valence-electron chi connectivity index (χ1n) is 5.65. The summed E-state index contributed by atoms with van der Waals surface area (Å²) in [6, 6.07) is 1.49. The predicted octanol–water partition coefficient (Wildman–Crippen LogP) is 3.05.